The first kappa shape index (κ1) is 15.3. The molecule has 0 heterocycles. The number of amides is 1. The first-order valence-corrected chi connectivity index (χ1v) is 6.93. The molecule has 5 nitrogen and oxygen atoms in total. The summed E-state index contributed by atoms with van der Waals surface area (Å²) >= 11 is 0. The zero-order valence-electron chi connectivity index (χ0n) is 11.3. The van der Waals surface area contributed by atoms with E-state index in [1.54, 1.807) is 12.2 Å². The van der Waals surface area contributed by atoms with E-state index in [4.69, 9.17) is 5.73 Å². The lowest BCUT2D eigenvalue weighted by atomic mass is 9.80. The summed E-state index contributed by atoms with van der Waals surface area (Å²) in [5.74, 6) is 0.873. The van der Waals surface area contributed by atoms with Crippen molar-refractivity contribution in [2.45, 2.75) is 32.6 Å². The third-order valence-corrected chi connectivity index (χ3v) is 3.69. The van der Waals surface area contributed by atoms with Crippen LogP contribution in [0.3, 0.4) is 0 Å². The third kappa shape index (κ3) is 5.25. The van der Waals surface area contributed by atoms with Crippen LogP contribution >= 0.6 is 0 Å². The van der Waals surface area contributed by atoms with Gasteiger partial charge in [0, 0.05) is 25.6 Å². The number of quaternary nitrogens is 1. The van der Waals surface area contributed by atoms with Gasteiger partial charge in [-0.05, 0) is 32.6 Å². The van der Waals surface area contributed by atoms with E-state index in [1.165, 1.54) is 0 Å². The number of carbonyl (C=O) groups excluding carboxylic acids is 2. The second kappa shape index (κ2) is 8.34. The number of carbonyl (C=O) groups is 2. The fourth-order valence-electron chi connectivity index (χ4n) is 2.49. The number of Topliss-reactive ketones (excluding diaryl/α,β-unsaturated/α-hetero) is 1. The normalized spacial score (nSPS) is 23.9. The summed E-state index contributed by atoms with van der Waals surface area (Å²) in [6, 6.07) is 0. The summed E-state index contributed by atoms with van der Waals surface area (Å²) in [4.78, 5) is 23.2. The van der Waals surface area contributed by atoms with Crippen LogP contribution in [0.2, 0.25) is 0 Å². The number of rotatable bonds is 7. The van der Waals surface area contributed by atoms with Crippen molar-refractivity contribution < 1.29 is 14.9 Å². The number of hydrogen-bond donors (Lipinski definition) is 3. The van der Waals surface area contributed by atoms with Crippen molar-refractivity contribution in [1.82, 2.24) is 5.32 Å². The Hall–Kier alpha value is -0.780. The van der Waals surface area contributed by atoms with Gasteiger partial charge in [-0.3, -0.25) is 10.1 Å². The van der Waals surface area contributed by atoms with Gasteiger partial charge in [-0.2, -0.15) is 0 Å². The Bertz CT molecular complexity index is 273. The molecule has 0 unspecified atom stereocenters. The average molecular weight is 256 g/mol. The van der Waals surface area contributed by atoms with Crippen molar-refractivity contribution >= 4 is 11.7 Å². The van der Waals surface area contributed by atoms with E-state index in [0.717, 1.165) is 45.3 Å². The molecule has 1 aliphatic carbocycles. The maximum Gasteiger partial charge on any atom is 0.313 e. The SMILES string of the molecule is CC(=O)C1CCC(C(=O)[NH2+]CCNCCN)CC1. The van der Waals surface area contributed by atoms with E-state index >= 15 is 0 Å². The van der Waals surface area contributed by atoms with E-state index in [9.17, 15) is 9.59 Å². The van der Waals surface area contributed by atoms with Gasteiger partial charge in [-0.25, -0.2) is 4.79 Å². The van der Waals surface area contributed by atoms with Crippen LogP contribution in [0.5, 0.6) is 0 Å². The van der Waals surface area contributed by atoms with Crippen molar-refractivity contribution in [3.8, 4) is 0 Å². The molecule has 5 N–H and O–H groups in total. The molecule has 1 saturated carbocycles. The van der Waals surface area contributed by atoms with Crippen LogP contribution in [0.1, 0.15) is 32.6 Å². The molecule has 0 aromatic heterocycles. The molecule has 0 radical (unpaired) electrons. The highest BCUT2D eigenvalue weighted by Gasteiger charge is 2.30. The summed E-state index contributed by atoms with van der Waals surface area (Å²) in [6.07, 6.45) is 3.50. The summed E-state index contributed by atoms with van der Waals surface area (Å²) in [5.41, 5.74) is 5.36. The highest BCUT2D eigenvalue weighted by atomic mass is 16.2. The van der Waals surface area contributed by atoms with Crippen LogP contribution in [0.15, 0.2) is 0 Å². The van der Waals surface area contributed by atoms with Crippen LogP contribution in [-0.4, -0.2) is 37.9 Å². The molecular weight excluding hydrogens is 230 g/mol. The Morgan fingerprint density at radius 2 is 1.78 bits per heavy atom. The van der Waals surface area contributed by atoms with E-state index in [1.807, 2.05) is 0 Å². The predicted molar refractivity (Wildman–Crippen MR) is 69.9 cm³/mol. The maximum atomic E-state index is 11.9. The van der Waals surface area contributed by atoms with Crippen LogP contribution in [0.25, 0.3) is 0 Å². The molecule has 0 bridgehead atoms. The van der Waals surface area contributed by atoms with Crippen LogP contribution in [0, 0.1) is 11.8 Å². The summed E-state index contributed by atoms with van der Waals surface area (Å²) in [7, 11) is 0. The maximum absolute atomic E-state index is 11.9. The molecule has 0 spiro atoms. The fraction of sp³-hybridized carbons (Fsp3) is 0.846. The molecule has 1 amide bonds. The smallest absolute Gasteiger partial charge is 0.313 e. The lowest BCUT2D eigenvalue weighted by Gasteiger charge is -2.24. The molecule has 0 atom stereocenters. The van der Waals surface area contributed by atoms with E-state index in [0.29, 0.717) is 6.54 Å². The molecule has 0 saturated heterocycles. The molecule has 1 fully saturated rings. The van der Waals surface area contributed by atoms with Crippen molar-refractivity contribution in [3.63, 3.8) is 0 Å². The van der Waals surface area contributed by atoms with Crippen LogP contribution < -0.4 is 16.4 Å². The Labute approximate surface area is 109 Å². The molecule has 104 valence electrons. The lowest BCUT2D eigenvalue weighted by Crippen LogP contribution is -2.90. The lowest BCUT2D eigenvalue weighted by molar-refractivity contribution is -0.570. The topological polar surface area (TPSA) is 88.8 Å². The monoisotopic (exact) mass is 256 g/mol. The highest BCUT2D eigenvalue weighted by molar-refractivity contribution is 5.78. The minimum absolute atomic E-state index is 0.148. The van der Waals surface area contributed by atoms with Crippen molar-refractivity contribution in [2.24, 2.45) is 17.6 Å². The van der Waals surface area contributed by atoms with Gasteiger partial charge in [0.05, 0.1) is 12.5 Å². The van der Waals surface area contributed by atoms with E-state index in [-0.39, 0.29) is 23.5 Å². The van der Waals surface area contributed by atoms with Gasteiger partial charge < -0.3 is 11.1 Å². The average Bonchev–Trinajstić information content (AvgIpc) is 2.38. The second-order valence-electron chi connectivity index (χ2n) is 5.09. The minimum atomic E-state index is 0.148. The highest BCUT2D eigenvalue weighted by Crippen LogP contribution is 2.28. The number of primary amides is 1. The third-order valence-electron chi connectivity index (χ3n) is 3.69. The molecule has 0 aromatic carbocycles. The fourth-order valence-corrected chi connectivity index (χ4v) is 2.49. The molecule has 18 heavy (non-hydrogen) atoms. The number of hydrogen-bond acceptors (Lipinski definition) is 4. The van der Waals surface area contributed by atoms with Gasteiger partial charge in [0.15, 0.2) is 0 Å². The number of nitrogens with one attached hydrogen (secondary N) is 1. The minimum Gasteiger partial charge on any atom is -0.329 e. The Balaban J connectivity index is 2.14. The zero-order valence-corrected chi connectivity index (χ0v) is 11.3. The number of ketones is 1. The first-order valence-electron chi connectivity index (χ1n) is 6.93. The van der Waals surface area contributed by atoms with Gasteiger partial charge in [0.25, 0.3) is 0 Å². The van der Waals surface area contributed by atoms with E-state index < -0.39 is 0 Å². The predicted octanol–water partition coefficient (Wildman–Crippen LogP) is -0.980. The van der Waals surface area contributed by atoms with Gasteiger partial charge in [0.1, 0.15) is 5.78 Å². The molecular formula is C13H26N3O2+. The summed E-state index contributed by atoms with van der Waals surface area (Å²) in [5, 5.41) is 4.96. The van der Waals surface area contributed by atoms with Crippen LogP contribution in [-0.2, 0) is 9.59 Å². The molecule has 0 aliphatic heterocycles. The van der Waals surface area contributed by atoms with Crippen LogP contribution in [0.4, 0.5) is 0 Å². The second-order valence-corrected chi connectivity index (χ2v) is 5.09. The van der Waals surface area contributed by atoms with Crippen molar-refractivity contribution in [3.05, 3.63) is 0 Å². The van der Waals surface area contributed by atoms with Gasteiger partial charge >= 0.3 is 5.91 Å². The quantitative estimate of drug-likeness (QED) is 0.511. The molecule has 1 rings (SSSR count). The van der Waals surface area contributed by atoms with Gasteiger partial charge in [0.2, 0.25) is 0 Å². The Kier molecular flexibility index (Phi) is 7.08. The Morgan fingerprint density at radius 3 is 2.33 bits per heavy atom. The first-order chi connectivity index (χ1) is 8.65. The largest absolute Gasteiger partial charge is 0.329 e. The standard InChI is InChI=1S/C13H25N3O2/c1-10(17)11-2-4-12(5-3-11)13(18)16-9-8-15-7-6-14/h11-12,15H,2-9,14H2,1H3,(H,16,18)/p+1. The Morgan fingerprint density at radius 1 is 1.17 bits per heavy atom. The molecule has 5 heteroatoms. The van der Waals surface area contributed by atoms with Gasteiger partial charge in [-0.1, -0.05) is 0 Å². The number of nitrogens with two attached hydrogens (primary N) is 2. The van der Waals surface area contributed by atoms with E-state index in [2.05, 4.69) is 5.32 Å². The summed E-state index contributed by atoms with van der Waals surface area (Å²) in [6.45, 7) is 4.66. The van der Waals surface area contributed by atoms with Gasteiger partial charge in [-0.15, -0.1) is 0 Å². The van der Waals surface area contributed by atoms with Crippen molar-refractivity contribution in [2.75, 3.05) is 26.2 Å². The summed E-state index contributed by atoms with van der Waals surface area (Å²) < 4.78 is 0. The molecule has 0 aromatic rings. The zero-order chi connectivity index (χ0) is 13.4. The van der Waals surface area contributed by atoms with Crippen molar-refractivity contribution in [1.29, 1.82) is 0 Å². The molecule has 1 aliphatic rings.